The van der Waals surface area contributed by atoms with Crippen LogP contribution in [0.2, 0.25) is 0 Å². The zero-order chi connectivity index (χ0) is 24.2. The largest absolute Gasteiger partial charge is 0.509 e. The van der Waals surface area contributed by atoms with Crippen LogP contribution in [0.5, 0.6) is 0 Å². The molecule has 0 aliphatic heterocycles. The maximum Gasteiger partial charge on any atom is 0.509 e. The van der Waals surface area contributed by atoms with E-state index in [0.29, 0.717) is 25.7 Å². The Balaban J connectivity index is 1.71. The van der Waals surface area contributed by atoms with Gasteiger partial charge in [-0.3, -0.25) is 4.79 Å². The van der Waals surface area contributed by atoms with Crippen LogP contribution < -0.4 is 0 Å². The molecule has 7 atom stereocenters. The van der Waals surface area contributed by atoms with Gasteiger partial charge in [0, 0.05) is 11.8 Å². The molecule has 4 rings (SSSR count). The first kappa shape index (κ1) is 24.5. The highest BCUT2D eigenvalue weighted by atomic mass is 35.5. The summed E-state index contributed by atoms with van der Waals surface area (Å²) in [7, 11) is 0. The summed E-state index contributed by atoms with van der Waals surface area (Å²) in [5.41, 5.74) is -1.49. The van der Waals surface area contributed by atoms with Gasteiger partial charge in [0.15, 0.2) is 11.8 Å². The summed E-state index contributed by atoms with van der Waals surface area (Å²) in [4.78, 5) is 37.9. The normalized spacial score (nSPS) is 42.0. The fourth-order valence-corrected chi connectivity index (χ4v) is 7.84. The van der Waals surface area contributed by atoms with Crippen LogP contribution in [0.25, 0.3) is 0 Å². The number of rotatable bonds is 4. The number of esters is 1. The van der Waals surface area contributed by atoms with Gasteiger partial charge in [-0.25, -0.2) is 9.59 Å². The smallest absolute Gasteiger partial charge is 0.446 e. The summed E-state index contributed by atoms with van der Waals surface area (Å²) in [6.45, 7) is 7.53. The molecule has 2 unspecified atom stereocenters. The molecule has 3 fully saturated rings. The van der Waals surface area contributed by atoms with Gasteiger partial charge in [0.2, 0.25) is 5.60 Å². The molecule has 184 valence electrons. The third kappa shape index (κ3) is 3.70. The van der Waals surface area contributed by atoms with Crippen LogP contribution in [0.1, 0.15) is 72.6 Å². The van der Waals surface area contributed by atoms with E-state index in [4.69, 9.17) is 25.8 Å². The third-order valence-electron chi connectivity index (χ3n) is 9.12. The molecule has 0 aromatic heterocycles. The molecular weight excluding hydrogens is 448 g/mol. The lowest BCUT2D eigenvalue weighted by Crippen LogP contribution is -2.63. The van der Waals surface area contributed by atoms with E-state index in [0.717, 1.165) is 24.8 Å². The van der Waals surface area contributed by atoms with Crippen LogP contribution in [0, 0.1) is 28.6 Å². The standard InChI is InChI=1S/C25H35ClO7/c1-14(2)32-22(30)33-25(21(29)31-13-26)10-8-18-17-6-5-15-11-16(27)7-9-23(15,3)20(17)19(28)12-24(18,25)4/h11,14,17-20,28H,5-10,12-13H2,1-4H3/t17-,18-,19?,20-,23-,24-,25?/m0/s1. The fraction of sp³-hybridized carbons (Fsp3) is 0.800. The number of aliphatic hydroxyl groups excluding tert-OH is 1. The predicted molar refractivity (Wildman–Crippen MR) is 120 cm³/mol. The molecule has 0 bridgehead atoms. The number of carbonyl (C=O) groups excluding carboxylic acids is 3. The SMILES string of the molecule is CC(C)OC(=O)OC1(C(=O)OCCl)CC[C@H]2[C@@H]3CCC4=CC(=O)CC[C@]4(C)[C@@H]3C(O)C[C@@]21C. The highest BCUT2D eigenvalue weighted by Gasteiger charge is 2.71. The summed E-state index contributed by atoms with van der Waals surface area (Å²) in [5.74, 6) is -0.330. The van der Waals surface area contributed by atoms with Crippen molar-refractivity contribution >= 4 is 29.5 Å². The molecule has 0 spiro atoms. The highest BCUT2D eigenvalue weighted by molar-refractivity contribution is 6.17. The number of carbonyl (C=O) groups is 3. The van der Waals surface area contributed by atoms with Crippen LogP contribution in [-0.4, -0.2) is 46.9 Å². The summed E-state index contributed by atoms with van der Waals surface area (Å²) in [6.07, 6.45) is 3.89. The van der Waals surface area contributed by atoms with E-state index in [1.807, 2.05) is 6.92 Å². The van der Waals surface area contributed by atoms with Crippen molar-refractivity contribution in [1.82, 2.24) is 0 Å². The van der Waals surface area contributed by atoms with E-state index >= 15 is 0 Å². The van der Waals surface area contributed by atoms with Gasteiger partial charge in [-0.05, 0) is 81.6 Å². The van der Waals surface area contributed by atoms with Gasteiger partial charge in [-0.15, -0.1) is 0 Å². The molecule has 4 aliphatic rings. The van der Waals surface area contributed by atoms with Gasteiger partial charge in [0.05, 0.1) is 12.2 Å². The topological polar surface area (TPSA) is 99.1 Å². The number of allylic oxidation sites excluding steroid dienone is 1. The van der Waals surface area contributed by atoms with Crippen molar-refractivity contribution in [2.24, 2.45) is 28.6 Å². The van der Waals surface area contributed by atoms with Gasteiger partial charge in [0.25, 0.3) is 0 Å². The van der Waals surface area contributed by atoms with Gasteiger partial charge >= 0.3 is 12.1 Å². The van der Waals surface area contributed by atoms with Crippen molar-refractivity contribution in [1.29, 1.82) is 0 Å². The van der Waals surface area contributed by atoms with Crippen molar-refractivity contribution in [2.75, 3.05) is 6.07 Å². The Morgan fingerprint density at radius 3 is 2.61 bits per heavy atom. The molecule has 1 N–H and O–H groups in total. The van der Waals surface area contributed by atoms with E-state index in [2.05, 4.69) is 6.92 Å². The lowest BCUT2D eigenvalue weighted by molar-refractivity contribution is -0.202. The molecule has 8 heteroatoms. The molecule has 0 saturated heterocycles. The second-order valence-electron chi connectivity index (χ2n) is 11.0. The Hall–Kier alpha value is -1.60. The summed E-state index contributed by atoms with van der Waals surface area (Å²) in [6, 6.07) is -0.348. The molecule has 33 heavy (non-hydrogen) atoms. The molecule has 0 aromatic rings. The maximum absolute atomic E-state index is 13.3. The average molecular weight is 483 g/mol. The molecule has 0 radical (unpaired) electrons. The van der Waals surface area contributed by atoms with Crippen molar-refractivity contribution in [3.8, 4) is 0 Å². The Bertz CT molecular complexity index is 869. The number of aliphatic hydroxyl groups is 1. The van der Waals surface area contributed by atoms with Crippen molar-refractivity contribution in [3.05, 3.63) is 11.6 Å². The number of ketones is 1. The zero-order valence-corrected chi connectivity index (χ0v) is 20.7. The lowest BCUT2D eigenvalue weighted by Gasteiger charge is -2.60. The Morgan fingerprint density at radius 2 is 1.94 bits per heavy atom. The Morgan fingerprint density at radius 1 is 1.21 bits per heavy atom. The second-order valence-corrected chi connectivity index (χ2v) is 11.2. The third-order valence-corrected chi connectivity index (χ3v) is 9.23. The number of hydrogen-bond acceptors (Lipinski definition) is 7. The van der Waals surface area contributed by atoms with Crippen LogP contribution in [-0.2, 0) is 23.8 Å². The van der Waals surface area contributed by atoms with Gasteiger partial charge < -0.3 is 19.3 Å². The van der Waals surface area contributed by atoms with Crippen molar-refractivity contribution in [3.63, 3.8) is 0 Å². The van der Waals surface area contributed by atoms with Crippen molar-refractivity contribution in [2.45, 2.75) is 90.4 Å². The molecule has 7 nitrogen and oxygen atoms in total. The number of halogens is 1. The molecule has 4 aliphatic carbocycles. The monoisotopic (exact) mass is 482 g/mol. The van der Waals surface area contributed by atoms with Crippen LogP contribution in [0.15, 0.2) is 11.6 Å². The average Bonchev–Trinajstić information content (AvgIpc) is 3.00. The van der Waals surface area contributed by atoms with Gasteiger partial charge in [0.1, 0.15) is 0 Å². The number of hydrogen-bond donors (Lipinski definition) is 1. The lowest BCUT2D eigenvalue weighted by atomic mass is 9.45. The minimum Gasteiger partial charge on any atom is -0.446 e. The maximum atomic E-state index is 13.3. The minimum atomic E-state index is -1.57. The van der Waals surface area contributed by atoms with E-state index in [1.54, 1.807) is 19.9 Å². The number of ether oxygens (including phenoxy) is 3. The van der Waals surface area contributed by atoms with Gasteiger partial charge in [-0.1, -0.05) is 31.0 Å². The zero-order valence-electron chi connectivity index (χ0n) is 19.9. The van der Waals surface area contributed by atoms with Crippen LogP contribution in [0.4, 0.5) is 4.79 Å². The van der Waals surface area contributed by atoms with E-state index in [9.17, 15) is 19.5 Å². The molecule has 0 amide bonds. The summed E-state index contributed by atoms with van der Waals surface area (Å²) >= 11 is 5.73. The van der Waals surface area contributed by atoms with Gasteiger partial charge in [-0.2, -0.15) is 0 Å². The first-order valence-corrected chi connectivity index (χ1v) is 12.6. The molecular formula is C25H35ClO7. The van der Waals surface area contributed by atoms with E-state index in [1.165, 1.54) is 0 Å². The Kier molecular flexibility index (Phi) is 6.36. The van der Waals surface area contributed by atoms with E-state index in [-0.39, 0.29) is 35.0 Å². The highest BCUT2D eigenvalue weighted by Crippen LogP contribution is 2.68. The summed E-state index contributed by atoms with van der Waals surface area (Å²) < 4.78 is 16.2. The van der Waals surface area contributed by atoms with Crippen LogP contribution in [0.3, 0.4) is 0 Å². The number of alkyl halides is 1. The minimum absolute atomic E-state index is 0.00821. The first-order valence-electron chi connectivity index (χ1n) is 12.0. The van der Waals surface area contributed by atoms with Crippen LogP contribution >= 0.6 is 11.6 Å². The predicted octanol–water partition coefficient (Wildman–Crippen LogP) is 4.53. The Labute approximate surface area is 200 Å². The molecule has 0 heterocycles. The van der Waals surface area contributed by atoms with E-state index < -0.39 is 35.3 Å². The second kappa shape index (κ2) is 8.56. The molecule has 0 aromatic carbocycles. The fourth-order valence-electron chi connectivity index (χ4n) is 7.74. The summed E-state index contributed by atoms with van der Waals surface area (Å²) in [5, 5.41) is 11.5. The number of fused-ring (bicyclic) bond motifs is 5. The van der Waals surface area contributed by atoms with Crippen molar-refractivity contribution < 1.29 is 33.7 Å². The molecule has 3 saturated carbocycles. The first-order chi connectivity index (χ1) is 15.5. The quantitative estimate of drug-likeness (QED) is 0.464.